The Hall–Kier alpha value is -2.15. The summed E-state index contributed by atoms with van der Waals surface area (Å²) in [7, 11) is 1.61. The van der Waals surface area contributed by atoms with E-state index in [0.29, 0.717) is 24.7 Å². The predicted molar refractivity (Wildman–Crippen MR) is 78.0 cm³/mol. The molecule has 0 saturated carbocycles. The van der Waals surface area contributed by atoms with Gasteiger partial charge < -0.3 is 15.4 Å². The highest BCUT2D eigenvalue weighted by Crippen LogP contribution is 2.26. The second-order valence-corrected chi connectivity index (χ2v) is 5.32. The number of amides is 1. The van der Waals surface area contributed by atoms with Crippen molar-refractivity contribution in [1.29, 1.82) is 0 Å². The van der Waals surface area contributed by atoms with E-state index in [-0.39, 0.29) is 23.3 Å². The smallest absolute Gasteiger partial charge is 0.282 e. The van der Waals surface area contributed by atoms with Crippen LogP contribution in [0, 0.1) is 16.0 Å². The van der Waals surface area contributed by atoms with E-state index in [2.05, 4.69) is 6.92 Å². The maximum atomic E-state index is 12.6. The summed E-state index contributed by atoms with van der Waals surface area (Å²) in [4.78, 5) is 24.6. The van der Waals surface area contributed by atoms with E-state index in [1.165, 1.54) is 18.2 Å². The summed E-state index contributed by atoms with van der Waals surface area (Å²) in [6.07, 6.45) is 0.753. The number of benzene rings is 1. The second kappa shape index (κ2) is 6.09. The Balaban J connectivity index is 2.28. The monoisotopic (exact) mass is 293 g/mol. The van der Waals surface area contributed by atoms with Crippen LogP contribution in [0.25, 0.3) is 0 Å². The van der Waals surface area contributed by atoms with E-state index in [0.717, 1.165) is 6.42 Å². The molecule has 1 aromatic rings. The number of ether oxygens (including phenoxy) is 1. The minimum absolute atomic E-state index is 0.0319. The van der Waals surface area contributed by atoms with Gasteiger partial charge in [0.25, 0.3) is 11.6 Å². The highest BCUT2D eigenvalue weighted by molar-refractivity contribution is 5.99. The molecule has 2 unspecified atom stereocenters. The van der Waals surface area contributed by atoms with Crippen molar-refractivity contribution in [3.05, 3.63) is 33.9 Å². The molecule has 2 N–H and O–H groups in total. The van der Waals surface area contributed by atoms with E-state index >= 15 is 0 Å². The molecule has 0 spiro atoms. The van der Waals surface area contributed by atoms with E-state index in [4.69, 9.17) is 10.5 Å². The molecule has 2 atom stereocenters. The SMILES string of the molecule is COC1CN(C(=O)c2cc(N)ccc2[N+](=O)[O-])CCC1C. The molecule has 0 bridgehead atoms. The van der Waals surface area contributed by atoms with Crippen LogP contribution in [0.2, 0.25) is 0 Å². The van der Waals surface area contributed by atoms with Crippen LogP contribution in [0.1, 0.15) is 23.7 Å². The van der Waals surface area contributed by atoms with Gasteiger partial charge >= 0.3 is 0 Å². The number of nitro benzene ring substituents is 1. The lowest BCUT2D eigenvalue weighted by Gasteiger charge is -2.36. The summed E-state index contributed by atoms with van der Waals surface area (Å²) < 4.78 is 5.37. The molecule has 1 amide bonds. The van der Waals surface area contributed by atoms with Gasteiger partial charge in [0, 0.05) is 32.0 Å². The van der Waals surface area contributed by atoms with Crippen molar-refractivity contribution >= 4 is 17.3 Å². The van der Waals surface area contributed by atoms with Gasteiger partial charge in [-0.3, -0.25) is 14.9 Å². The van der Waals surface area contributed by atoms with Crippen LogP contribution in [0.4, 0.5) is 11.4 Å². The molecule has 21 heavy (non-hydrogen) atoms. The molecule has 1 saturated heterocycles. The van der Waals surface area contributed by atoms with Gasteiger partial charge in [0.15, 0.2) is 0 Å². The number of carbonyl (C=O) groups is 1. The number of piperidine rings is 1. The molecule has 2 rings (SSSR count). The third-order valence-electron chi connectivity index (χ3n) is 3.93. The number of anilines is 1. The average molecular weight is 293 g/mol. The zero-order chi connectivity index (χ0) is 15.6. The Kier molecular flexibility index (Phi) is 4.42. The van der Waals surface area contributed by atoms with Gasteiger partial charge in [-0.05, 0) is 24.5 Å². The molecule has 1 aliphatic rings. The summed E-state index contributed by atoms with van der Waals surface area (Å²) in [6, 6.07) is 4.05. The summed E-state index contributed by atoms with van der Waals surface area (Å²) in [5.41, 5.74) is 5.79. The van der Waals surface area contributed by atoms with Gasteiger partial charge in [-0.2, -0.15) is 0 Å². The highest BCUT2D eigenvalue weighted by atomic mass is 16.6. The molecule has 1 fully saturated rings. The summed E-state index contributed by atoms with van der Waals surface area (Å²) in [5, 5.41) is 11.1. The number of carbonyl (C=O) groups excluding carboxylic acids is 1. The van der Waals surface area contributed by atoms with Gasteiger partial charge in [-0.1, -0.05) is 6.92 Å². The van der Waals surface area contributed by atoms with Gasteiger partial charge in [0.2, 0.25) is 0 Å². The molecule has 0 aliphatic carbocycles. The summed E-state index contributed by atoms with van der Waals surface area (Å²) in [5.74, 6) is -0.0159. The van der Waals surface area contributed by atoms with Crippen molar-refractivity contribution < 1.29 is 14.5 Å². The lowest BCUT2D eigenvalue weighted by molar-refractivity contribution is -0.385. The van der Waals surface area contributed by atoms with E-state index < -0.39 is 4.92 Å². The number of hydrogen-bond donors (Lipinski definition) is 1. The minimum atomic E-state index is -0.562. The maximum Gasteiger partial charge on any atom is 0.282 e. The molecule has 7 nitrogen and oxygen atoms in total. The number of nitro groups is 1. The first-order valence-corrected chi connectivity index (χ1v) is 6.80. The summed E-state index contributed by atoms with van der Waals surface area (Å²) >= 11 is 0. The van der Waals surface area contributed by atoms with Crippen molar-refractivity contribution in [2.24, 2.45) is 5.92 Å². The molecule has 0 aromatic heterocycles. The zero-order valence-electron chi connectivity index (χ0n) is 12.1. The van der Waals surface area contributed by atoms with Gasteiger partial charge in [0.1, 0.15) is 5.56 Å². The number of nitrogen functional groups attached to an aromatic ring is 1. The Bertz CT molecular complexity index is 561. The maximum absolute atomic E-state index is 12.6. The van der Waals surface area contributed by atoms with Crippen molar-refractivity contribution in [3.63, 3.8) is 0 Å². The predicted octanol–water partition coefficient (Wildman–Crippen LogP) is 1.67. The molecule has 1 aromatic carbocycles. The van der Waals surface area contributed by atoms with Crippen LogP contribution in [0.3, 0.4) is 0 Å². The van der Waals surface area contributed by atoms with E-state index in [1.54, 1.807) is 12.0 Å². The van der Waals surface area contributed by atoms with Crippen LogP contribution >= 0.6 is 0 Å². The van der Waals surface area contributed by atoms with Crippen LogP contribution < -0.4 is 5.73 Å². The standard InChI is InChI=1S/C14H19N3O4/c1-9-5-6-16(8-13(9)21-2)14(18)11-7-10(15)3-4-12(11)17(19)20/h3-4,7,9,13H,5-6,8,15H2,1-2H3. The number of nitrogens with two attached hydrogens (primary N) is 1. The third kappa shape index (κ3) is 3.13. The lowest BCUT2D eigenvalue weighted by atomic mass is 9.95. The van der Waals surface area contributed by atoms with Gasteiger partial charge in [-0.15, -0.1) is 0 Å². The number of nitrogens with zero attached hydrogens (tertiary/aromatic N) is 2. The Morgan fingerprint density at radius 2 is 2.24 bits per heavy atom. The fraction of sp³-hybridized carbons (Fsp3) is 0.500. The molecule has 7 heteroatoms. The molecular formula is C14H19N3O4. The first-order valence-electron chi connectivity index (χ1n) is 6.80. The molecule has 1 heterocycles. The number of likely N-dealkylation sites (tertiary alicyclic amines) is 1. The van der Waals surface area contributed by atoms with Crippen LogP contribution in [0.15, 0.2) is 18.2 Å². The largest absolute Gasteiger partial charge is 0.399 e. The second-order valence-electron chi connectivity index (χ2n) is 5.32. The fourth-order valence-electron chi connectivity index (χ4n) is 2.58. The van der Waals surface area contributed by atoms with Gasteiger partial charge in [-0.25, -0.2) is 0 Å². The van der Waals surface area contributed by atoms with Gasteiger partial charge in [0.05, 0.1) is 11.0 Å². The molecule has 114 valence electrons. The zero-order valence-corrected chi connectivity index (χ0v) is 12.1. The fourth-order valence-corrected chi connectivity index (χ4v) is 2.58. The quantitative estimate of drug-likeness (QED) is 0.519. The van der Waals surface area contributed by atoms with E-state index in [9.17, 15) is 14.9 Å². The van der Waals surface area contributed by atoms with Crippen molar-refractivity contribution in [1.82, 2.24) is 4.90 Å². The molecule has 0 radical (unpaired) electrons. The molecular weight excluding hydrogens is 274 g/mol. The van der Waals surface area contributed by atoms with Crippen LogP contribution in [-0.4, -0.2) is 42.0 Å². The lowest BCUT2D eigenvalue weighted by Crippen LogP contribution is -2.46. The number of rotatable bonds is 3. The molecule has 1 aliphatic heterocycles. The number of hydrogen-bond acceptors (Lipinski definition) is 5. The van der Waals surface area contributed by atoms with Crippen molar-refractivity contribution in [2.75, 3.05) is 25.9 Å². The van der Waals surface area contributed by atoms with E-state index in [1.807, 2.05) is 0 Å². The van der Waals surface area contributed by atoms with Crippen LogP contribution in [0.5, 0.6) is 0 Å². The Morgan fingerprint density at radius 3 is 2.86 bits per heavy atom. The first kappa shape index (κ1) is 15.2. The highest BCUT2D eigenvalue weighted by Gasteiger charge is 2.32. The topological polar surface area (TPSA) is 98.7 Å². The average Bonchev–Trinajstić information content (AvgIpc) is 2.46. The Labute approximate surface area is 122 Å². The minimum Gasteiger partial charge on any atom is -0.399 e. The Morgan fingerprint density at radius 1 is 1.52 bits per heavy atom. The normalized spacial score (nSPS) is 22.1. The van der Waals surface area contributed by atoms with Crippen molar-refractivity contribution in [2.45, 2.75) is 19.4 Å². The van der Waals surface area contributed by atoms with Crippen molar-refractivity contribution in [3.8, 4) is 0 Å². The van der Waals surface area contributed by atoms with Crippen LogP contribution in [-0.2, 0) is 4.74 Å². The number of methoxy groups -OCH3 is 1. The first-order chi connectivity index (χ1) is 9.93. The third-order valence-corrected chi connectivity index (χ3v) is 3.93. The summed E-state index contributed by atoms with van der Waals surface area (Å²) in [6.45, 7) is 3.06.